The van der Waals surface area contributed by atoms with E-state index in [0.29, 0.717) is 0 Å². The molecular formula is C16H21BrN2S. The fraction of sp³-hybridized carbons (Fsp3) is 0.375. The molecule has 0 radical (unpaired) electrons. The van der Waals surface area contributed by atoms with Gasteiger partial charge >= 0.3 is 0 Å². The molecule has 1 heterocycles. The molecule has 0 bridgehead atoms. The van der Waals surface area contributed by atoms with Crippen LogP contribution in [0.4, 0.5) is 0 Å². The first-order valence-corrected chi connectivity index (χ1v) is 8.58. The maximum Gasteiger partial charge on any atom is 0.0510 e. The predicted molar refractivity (Wildman–Crippen MR) is 90.9 cm³/mol. The smallest absolute Gasteiger partial charge is 0.0510 e. The minimum Gasteiger partial charge on any atom is -0.326 e. The summed E-state index contributed by atoms with van der Waals surface area (Å²) >= 11 is 5.40. The second-order valence-electron chi connectivity index (χ2n) is 5.09. The number of hydrogen-bond donors (Lipinski definition) is 1. The molecule has 2 nitrogen and oxygen atoms in total. The third kappa shape index (κ3) is 3.70. The van der Waals surface area contributed by atoms with Crippen LogP contribution >= 0.6 is 27.3 Å². The van der Waals surface area contributed by atoms with Gasteiger partial charge in [0.15, 0.2) is 0 Å². The summed E-state index contributed by atoms with van der Waals surface area (Å²) in [6, 6.07) is 10.9. The molecule has 0 aliphatic carbocycles. The Hall–Kier alpha value is -0.680. The highest BCUT2D eigenvalue weighted by atomic mass is 79.9. The Morgan fingerprint density at radius 3 is 2.65 bits per heavy atom. The number of thiophene rings is 1. The van der Waals surface area contributed by atoms with Gasteiger partial charge in [-0.1, -0.05) is 41.1 Å². The van der Waals surface area contributed by atoms with Gasteiger partial charge in [-0.05, 0) is 47.5 Å². The number of hydrogen-bond acceptors (Lipinski definition) is 3. The van der Waals surface area contributed by atoms with Gasteiger partial charge in [0.1, 0.15) is 0 Å². The second-order valence-corrected chi connectivity index (χ2v) is 6.72. The zero-order valence-corrected chi connectivity index (χ0v) is 14.3. The fourth-order valence-electron chi connectivity index (χ4n) is 2.50. The number of halogens is 1. The number of nitrogens with zero attached hydrogens (tertiary/aromatic N) is 1. The molecule has 2 aromatic rings. The maximum atomic E-state index is 6.39. The third-order valence-electron chi connectivity index (χ3n) is 3.59. The quantitative estimate of drug-likeness (QED) is 0.833. The zero-order valence-electron chi connectivity index (χ0n) is 11.9. The van der Waals surface area contributed by atoms with E-state index < -0.39 is 0 Å². The Morgan fingerprint density at radius 2 is 2.05 bits per heavy atom. The fourth-order valence-corrected chi connectivity index (χ4v) is 3.68. The van der Waals surface area contributed by atoms with Gasteiger partial charge in [-0.2, -0.15) is 11.3 Å². The van der Waals surface area contributed by atoms with Crippen molar-refractivity contribution in [2.24, 2.45) is 5.73 Å². The Labute approximate surface area is 133 Å². The van der Waals surface area contributed by atoms with E-state index in [9.17, 15) is 0 Å². The van der Waals surface area contributed by atoms with Crippen molar-refractivity contribution in [3.05, 3.63) is 56.7 Å². The third-order valence-corrected chi connectivity index (χ3v) is 5.04. The van der Waals surface area contributed by atoms with Crippen molar-refractivity contribution in [2.45, 2.75) is 32.0 Å². The average Bonchev–Trinajstić information content (AvgIpc) is 2.93. The molecule has 2 unspecified atom stereocenters. The summed E-state index contributed by atoms with van der Waals surface area (Å²) in [5, 5.41) is 4.32. The van der Waals surface area contributed by atoms with E-state index in [1.807, 2.05) is 6.07 Å². The number of nitrogens with two attached hydrogens (primary N) is 1. The summed E-state index contributed by atoms with van der Waals surface area (Å²) in [4.78, 5) is 2.34. The topological polar surface area (TPSA) is 29.3 Å². The standard InChI is InChI=1S/C16H21BrN2S/c1-3-15(18)16(13-6-4-5-7-14(13)17)19(2)10-12-8-9-20-11-12/h4-9,11,15-16H,3,10,18H2,1-2H3. The van der Waals surface area contributed by atoms with Gasteiger partial charge in [0.05, 0.1) is 6.04 Å². The Bertz CT molecular complexity index is 527. The molecule has 20 heavy (non-hydrogen) atoms. The molecule has 1 aromatic heterocycles. The molecule has 0 amide bonds. The molecule has 0 saturated heterocycles. The van der Waals surface area contributed by atoms with E-state index in [0.717, 1.165) is 17.4 Å². The largest absolute Gasteiger partial charge is 0.326 e. The second kappa shape index (κ2) is 7.36. The van der Waals surface area contributed by atoms with E-state index in [1.54, 1.807) is 11.3 Å². The van der Waals surface area contributed by atoms with E-state index in [1.165, 1.54) is 11.1 Å². The Kier molecular flexibility index (Phi) is 5.78. The lowest BCUT2D eigenvalue weighted by Crippen LogP contribution is -2.38. The van der Waals surface area contributed by atoms with E-state index in [2.05, 4.69) is 69.8 Å². The molecule has 0 aliphatic rings. The van der Waals surface area contributed by atoms with Crippen molar-refractivity contribution in [3.63, 3.8) is 0 Å². The lowest BCUT2D eigenvalue weighted by atomic mass is 9.96. The summed E-state index contributed by atoms with van der Waals surface area (Å²) in [6.45, 7) is 3.07. The highest BCUT2D eigenvalue weighted by Crippen LogP contribution is 2.31. The summed E-state index contributed by atoms with van der Waals surface area (Å²) in [6.07, 6.45) is 0.958. The van der Waals surface area contributed by atoms with Crippen molar-refractivity contribution < 1.29 is 0 Å². The van der Waals surface area contributed by atoms with Crippen LogP contribution in [0.2, 0.25) is 0 Å². The molecule has 0 saturated carbocycles. The molecule has 1 aromatic carbocycles. The maximum absolute atomic E-state index is 6.39. The first-order valence-electron chi connectivity index (χ1n) is 6.84. The Balaban J connectivity index is 2.25. The van der Waals surface area contributed by atoms with Gasteiger partial charge in [-0.25, -0.2) is 0 Å². The molecule has 2 N–H and O–H groups in total. The summed E-state index contributed by atoms with van der Waals surface area (Å²) < 4.78 is 1.13. The monoisotopic (exact) mass is 352 g/mol. The van der Waals surface area contributed by atoms with Crippen LogP contribution in [0, 0.1) is 0 Å². The minimum absolute atomic E-state index is 0.123. The molecule has 2 atom stereocenters. The van der Waals surface area contributed by atoms with Crippen molar-refractivity contribution in [3.8, 4) is 0 Å². The van der Waals surface area contributed by atoms with Gasteiger partial charge in [-0.15, -0.1) is 0 Å². The lowest BCUT2D eigenvalue weighted by molar-refractivity contribution is 0.201. The van der Waals surface area contributed by atoms with E-state index in [-0.39, 0.29) is 12.1 Å². The zero-order chi connectivity index (χ0) is 14.5. The highest BCUT2D eigenvalue weighted by molar-refractivity contribution is 9.10. The van der Waals surface area contributed by atoms with Crippen LogP contribution in [-0.2, 0) is 6.54 Å². The van der Waals surface area contributed by atoms with Crippen LogP contribution in [0.1, 0.15) is 30.5 Å². The predicted octanol–water partition coefficient (Wildman–Crippen LogP) is 4.42. The van der Waals surface area contributed by atoms with Gasteiger partial charge in [0, 0.05) is 17.1 Å². The molecule has 4 heteroatoms. The van der Waals surface area contributed by atoms with Gasteiger partial charge < -0.3 is 5.73 Å². The minimum atomic E-state index is 0.123. The Morgan fingerprint density at radius 1 is 1.30 bits per heavy atom. The summed E-state index contributed by atoms with van der Waals surface area (Å²) in [7, 11) is 2.15. The van der Waals surface area contributed by atoms with Crippen LogP contribution in [0.5, 0.6) is 0 Å². The molecule has 0 aliphatic heterocycles. The van der Waals surface area contributed by atoms with Crippen molar-refractivity contribution in [1.82, 2.24) is 4.90 Å². The van der Waals surface area contributed by atoms with Crippen LogP contribution < -0.4 is 5.73 Å². The van der Waals surface area contributed by atoms with E-state index >= 15 is 0 Å². The van der Waals surface area contributed by atoms with Crippen LogP contribution in [0.15, 0.2) is 45.6 Å². The van der Waals surface area contributed by atoms with Crippen LogP contribution in [-0.4, -0.2) is 18.0 Å². The summed E-state index contributed by atoms with van der Waals surface area (Å²) in [5.41, 5.74) is 9.00. The van der Waals surface area contributed by atoms with Crippen molar-refractivity contribution >= 4 is 27.3 Å². The highest BCUT2D eigenvalue weighted by Gasteiger charge is 2.24. The normalized spacial score (nSPS) is 14.4. The van der Waals surface area contributed by atoms with Crippen LogP contribution in [0.25, 0.3) is 0 Å². The lowest BCUT2D eigenvalue weighted by Gasteiger charge is -2.33. The SMILES string of the molecule is CCC(N)C(c1ccccc1Br)N(C)Cc1ccsc1. The molecule has 0 fully saturated rings. The average molecular weight is 353 g/mol. The molecule has 0 spiro atoms. The molecular weight excluding hydrogens is 332 g/mol. The molecule has 2 rings (SSSR count). The number of benzene rings is 1. The van der Waals surface area contributed by atoms with Gasteiger partial charge in [0.2, 0.25) is 0 Å². The van der Waals surface area contributed by atoms with Crippen molar-refractivity contribution in [1.29, 1.82) is 0 Å². The number of rotatable bonds is 6. The van der Waals surface area contributed by atoms with Crippen molar-refractivity contribution in [2.75, 3.05) is 7.05 Å². The van der Waals surface area contributed by atoms with Crippen LogP contribution in [0.3, 0.4) is 0 Å². The molecule has 108 valence electrons. The van der Waals surface area contributed by atoms with Gasteiger partial charge in [0.25, 0.3) is 0 Å². The first-order chi connectivity index (χ1) is 9.63. The first kappa shape index (κ1) is 15.7. The van der Waals surface area contributed by atoms with Gasteiger partial charge in [-0.3, -0.25) is 4.90 Å². The number of likely N-dealkylation sites (N-methyl/N-ethyl adjacent to an activating group) is 1. The van der Waals surface area contributed by atoms with E-state index in [4.69, 9.17) is 5.73 Å². The summed E-state index contributed by atoms with van der Waals surface area (Å²) in [5.74, 6) is 0.